The normalized spacial score (nSPS) is 12.4. The highest BCUT2D eigenvalue weighted by Gasteiger charge is 2.17. The molecule has 1 aromatic rings. The number of non-ortho nitro benzene ring substituents is 1. The average Bonchev–Trinajstić information content (AvgIpc) is 2.26. The van der Waals surface area contributed by atoms with Gasteiger partial charge >= 0.3 is 0 Å². The molecule has 0 radical (unpaired) electrons. The maximum Gasteiger partial charge on any atom is 0.272 e. The number of rotatable bonds is 5. The van der Waals surface area contributed by atoms with Crippen molar-refractivity contribution in [3.05, 3.63) is 39.7 Å². The fraction of sp³-hybridized carbons (Fsp3) is 0.400. The molecule has 0 aliphatic heterocycles. The fourth-order valence-corrected chi connectivity index (χ4v) is 1.51. The molecule has 0 aliphatic rings. The minimum absolute atomic E-state index is 0.230. The topological polar surface area (TPSA) is 89.4 Å². The summed E-state index contributed by atoms with van der Waals surface area (Å²) < 4.78 is 13.5. The summed E-state index contributed by atoms with van der Waals surface area (Å²) in [6.45, 7) is 0.0909. The molecule has 0 spiro atoms. The molecule has 1 aromatic carbocycles. The predicted octanol–water partition coefficient (Wildman–Crippen LogP) is 1.16. The summed E-state index contributed by atoms with van der Waals surface area (Å²) in [5.41, 5.74) is 5.29. The average molecular weight is 228 g/mol. The van der Waals surface area contributed by atoms with Gasteiger partial charge in [0, 0.05) is 12.0 Å². The molecule has 5 nitrogen and oxygen atoms in total. The van der Waals surface area contributed by atoms with Crippen LogP contribution in [0.4, 0.5) is 10.1 Å². The van der Waals surface area contributed by atoms with E-state index in [4.69, 9.17) is 10.8 Å². The molecule has 3 N–H and O–H groups in total. The number of nitrogens with zero attached hydrogens (tertiary/aromatic N) is 1. The third kappa shape index (κ3) is 2.74. The molecule has 0 fully saturated rings. The van der Waals surface area contributed by atoms with Crippen LogP contribution in [0.1, 0.15) is 17.9 Å². The van der Waals surface area contributed by atoms with E-state index >= 15 is 0 Å². The third-order valence-electron chi connectivity index (χ3n) is 2.37. The number of hydrogen-bond donors (Lipinski definition) is 2. The molecule has 0 aliphatic carbocycles. The van der Waals surface area contributed by atoms with E-state index in [2.05, 4.69) is 0 Å². The number of halogens is 1. The highest BCUT2D eigenvalue weighted by Crippen LogP contribution is 2.25. The van der Waals surface area contributed by atoms with Gasteiger partial charge in [0.1, 0.15) is 5.82 Å². The van der Waals surface area contributed by atoms with Crippen LogP contribution in [0.5, 0.6) is 0 Å². The van der Waals surface area contributed by atoms with Crippen LogP contribution in [0, 0.1) is 15.9 Å². The maximum atomic E-state index is 13.5. The van der Waals surface area contributed by atoms with E-state index in [-0.39, 0.29) is 17.9 Å². The van der Waals surface area contributed by atoms with Crippen molar-refractivity contribution < 1.29 is 14.4 Å². The molecular formula is C10H13FN2O3. The van der Waals surface area contributed by atoms with E-state index in [1.807, 2.05) is 0 Å². The van der Waals surface area contributed by atoms with Crippen LogP contribution in [0.25, 0.3) is 0 Å². The van der Waals surface area contributed by atoms with Crippen LogP contribution in [-0.2, 0) is 0 Å². The molecule has 0 saturated carbocycles. The Hall–Kier alpha value is -1.53. The molecule has 1 atom stereocenters. The van der Waals surface area contributed by atoms with E-state index < -0.39 is 16.7 Å². The Bertz CT molecular complexity index is 384. The largest absolute Gasteiger partial charge is 0.396 e. The lowest BCUT2D eigenvalue weighted by atomic mass is 9.96. The molecule has 0 amide bonds. The lowest BCUT2D eigenvalue weighted by molar-refractivity contribution is -0.385. The van der Waals surface area contributed by atoms with Crippen molar-refractivity contribution in [3.8, 4) is 0 Å². The number of hydrogen-bond acceptors (Lipinski definition) is 4. The second-order valence-corrected chi connectivity index (χ2v) is 3.42. The lowest BCUT2D eigenvalue weighted by Gasteiger charge is -2.13. The van der Waals surface area contributed by atoms with Crippen LogP contribution in [-0.4, -0.2) is 23.2 Å². The molecule has 6 heteroatoms. The summed E-state index contributed by atoms with van der Waals surface area (Å²) in [5.74, 6) is -1.09. The zero-order valence-corrected chi connectivity index (χ0v) is 8.60. The minimum Gasteiger partial charge on any atom is -0.396 e. The minimum atomic E-state index is -0.679. The van der Waals surface area contributed by atoms with Crippen LogP contribution in [0.2, 0.25) is 0 Å². The summed E-state index contributed by atoms with van der Waals surface area (Å²) in [6, 6.07) is 3.40. The number of aliphatic hydroxyl groups is 1. The SMILES string of the molecule is NCC[C@@H](CO)c1ccc([N+](=O)[O-])cc1F. The first kappa shape index (κ1) is 12.5. The summed E-state index contributed by atoms with van der Waals surface area (Å²) in [7, 11) is 0. The van der Waals surface area contributed by atoms with Crippen molar-refractivity contribution >= 4 is 5.69 Å². The second-order valence-electron chi connectivity index (χ2n) is 3.42. The third-order valence-corrected chi connectivity index (χ3v) is 2.37. The van der Waals surface area contributed by atoms with Crippen LogP contribution < -0.4 is 5.73 Å². The fourth-order valence-electron chi connectivity index (χ4n) is 1.51. The number of nitro groups is 1. The summed E-state index contributed by atoms with van der Waals surface area (Å²) in [5, 5.41) is 19.5. The summed E-state index contributed by atoms with van der Waals surface area (Å²) in [4.78, 5) is 9.74. The highest BCUT2D eigenvalue weighted by atomic mass is 19.1. The van der Waals surface area contributed by atoms with Gasteiger partial charge in [-0.3, -0.25) is 10.1 Å². The highest BCUT2D eigenvalue weighted by molar-refractivity contribution is 5.35. The zero-order valence-electron chi connectivity index (χ0n) is 8.60. The van der Waals surface area contributed by atoms with Crippen molar-refractivity contribution in [2.24, 2.45) is 5.73 Å². The van der Waals surface area contributed by atoms with E-state index in [1.54, 1.807) is 0 Å². The van der Waals surface area contributed by atoms with Gasteiger partial charge in [0.15, 0.2) is 0 Å². The van der Waals surface area contributed by atoms with Crippen molar-refractivity contribution in [2.75, 3.05) is 13.2 Å². The molecule has 0 saturated heterocycles. The first-order valence-electron chi connectivity index (χ1n) is 4.85. The van der Waals surface area contributed by atoms with Gasteiger partial charge in [-0.25, -0.2) is 4.39 Å². The molecular weight excluding hydrogens is 215 g/mol. The van der Waals surface area contributed by atoms with Gasteiger partial charge in [0.25, 0.3) is 5.69 Å². The van der Waals surface area contributed by atoms with Gasteiger partial charge in [-0.2, -0.15) is 0 Å². The molecule has 0 unspecified atom stereocenters. The number of aliphatic hydroxyl groups excluding tert-OH is 1. The predicted molar refractivity (Wildman–Crippen MR) is 56.6 cm³/mol. The van der Waals surface area contributed by atoms with Gasteiger partial charge in [-0.1, -0.05) is 0 Å². The number of nitrogens with two attached hydrogens (primary N) is 1. The molecule has 0 heterocycles. The monoisotopic (exact) mass is 228 g/mol. The van der Waals surface area contributed by atoms with Crippen molar-refractivity contribution in [1.82, 2.24) is 0 Å². The van der Waals surface area contributed by atoms with Gasteiger partial charge in [-0.15, -0.1) is 0 Å². The molecule has 88 valence electrons. The Morgan fingerprint density at radius 1 is 1.56 bits per heavy atom. The van der Waals surface area contributed by atoms with Crippen LogP contribution in [0.3, 0.4) is 0 Å². The Morgan fingerprint density at radius 2 is 2.25 bits per heavy atom. The lowest BCUT2D eigenvalue weighted by Crippen LogP contribution is -2.12. The molecule has 0 bridgehead atoms. The van der Waals surface area contributed by atoms with Gasteiger partial charge in [-0.05, 0) is 24.6 Å². The number of nitro benzene ring substituents is 1. The van der Waals surface area contributed by atoms with E-state index in [0.717, 1.165) is 6.07 Å². The van der Waals surface area contributed by atoms with Crippen molar-refractivity contribution in [1.29, 1.82) is 0 Å². The van der Waals surface area contributed by atoms with Gasteiger partial charge in [0.05, 0.1) is 17.6 Å². The Balaban J connectivity index is 3.01. The zero-order chi connectivity index (χ0) is 12.1. The standard InChI is InChI=1S/C10H13FN2O3/c11-10-5-8(13(15)16)1-2-9(10)7(6-14)3-4-12/h1-2,5,7,14H,3-4,6,12H2/t7-/m0/s1. The van der Waals surface area contributed by atoms with E-state index in [1.165, 1.54) is 12.1 Å². The van der Waals surface area contributed by atoms with Crippen molar-refractivity contribution in [2.45, 2.75) is 12.3 Å². The van der Waals surface area contributed by atoms with Crippen LogP contribution >= 0.6 is 0 Å². The van der Waals surface area contributed by atoms with E-state index in [0.29, 0.717) is 13.0 Å². The molecule has 16 heavy (non-hydrogen) atoms. The Morgan fingerprint density at radius 3 is 2.69 bits per heavy atom. The smallest absolute Gasteiger partial charge is 0.272 e. The summed E-state index contributed by atoms with van der Waals surface area (Å²) >= 11 is 0. The molecule has 1 rings (SSSR count). The number of benzene rings is 1. The van der Waals surface area contributed by atoms with E-state index in [9.17, 15) is 14.5 Å². The quantitative estimate of drug-likeness (QED) is 0.584. The van der Waals surface area contributed by atoms with Crippen LogP contribution in [0.15, 0.2) is 18.2 Å². The second kappa shape index (κ2) is 5.53. The van der Waals surface area contributed by atoms with Gasteiger partial charge < -0.3 is 10.8 Å². The molecule has 0 aromatic heterocycles. The first-order chi connectivity index (χ1) is 7.60. The van der Waals surface area contributed by atoms with Gasteiger partial charge in [0.2, 0.25) is 0 Å². The maximum absolute atomic E-state index is 13.5. The summed E-state index contributed by atoms with van der Waals surface area (Å²) in [6.07, 6.45) is 0.436. The Labute approximate surface area is 91.8 Å². The van der Waals surface area contributed by atoms with Crippen molar-refractivity contribution in [3.63, 3.8) is 0 Å². The first-order valence-corrected chi connectivity index (χ1v) is 4.85. The Kier molecular flexibility index (Phi) is 4.33.